The number of para-hydroxylation sites is 1. The average molecular weight is 322 g/mol. The number of benzene rings is 2. The highest BCUT2D eigenvalue weighted by atomic mass is 16.5. The lowest BCUT2D eigenvalue weighted by atomic mass is 9.91. The number of carbonyl (C=O) groups is 2. The van der Waals surface area contributed by atoms with Gasteiger partial charge in [0.1, 0.15) is 5.58 Å². The summed E-state index contributed by atoms with van der Waals surface area (Å²) in [6.45, 7) is 1.89. The molecule has 0 spiro atoms. The Hall–Kier alpha value is -2.88. The molecule has 1 unspecified atom stereocenters. The fourth-order valence-corrected chi connectivity index (χ4v) is 2.93. The van der Waals surface area contributed by atoms with Gasteiger partial charge in [-0.25, -0.2) is 0 Å². The molecule has 2 aromatic carbocycles. The molecular formula is C20H18O4. The summed E-state index contributed by atoms with van der Waals surface area (Å²) in [4.78, 5) is 25.1. The minimum absolute atomic E-state index is 0.208. The first-order chi connectivity index (χ1) is 11.7. The van der Waals surface area contributed by atoms with E-state index >= 15 is 0 Å². The molecule has 0 fully saturated rings. The molecule has 4 heteroatoms. The maximum atomic E-state index is 12.9. The van der Waals surface area contributed by atoms with Gasteiger partial charge < -0.3 is 9.15 Å². The van der Waals surface area contributed by atoms with Crippen molar-refractivity contribution in [2.24, 2.45) is 0 Å². The second-order valence-electron chi connectivity index (χ2n) is 5.52. The molecule has 1 atom stereocenters. The Balaban J connectivity index is 2.22. The molecule has 0 saturated heterocycles. The van der Waals surface area contributed by atoms with Crippen molar-refractivity contribution in [3.8, 4) is 0 Å². The summed E-state index contributed by atoms with van der Waals surface area (Å²) in [7, 11) is 1.35. The zero-order valence-electron chi connectivity index (χ0n) is 13.6. The third-order valence-electron chi connectivity index (χ3n) is 4.12. The molecule has 4 nitrogen and oxygen atoms in total. The molecule has 0 bridgehead atoms. The van der Waals surface area contributed by atoms with Gasteiger partial charge in [0.15, 0.2) is 5.76 Å². The van der Waals surface area contributed by atoms with Crippen LogP contribution < -0.4 is 0 Å². The highest BCUT2D eigenvalue weighted by molar-refractivity contribution is 6.11. The summed E-state index contributed by atoms with van der Waals surface area (Å²) < 4.78 is 10.8. The Kier molecular flexibility index (Phi) is 4.47. The molecule has 0 aliphatic rings. The van der Waals surface area contributed by atoms with Crippen LogP contribution in [0.3, 0.4) is 0 Å². The van der Waals surface area contributed by atoms with E-state index in [1.165, 1.54) is 7.11 Å². The molecule has 0 N–H and O–H groups in total. The lowest BCUT2D eigenvalue weighted by molar-refractivity contribution is -0.142. The second-order valence-corrected chi connectivity index (χ2v) is 5.52. The standard InChI is InChI=1S/C20H18O4/c1-3-14(20(22)23-2)17-15-11-7-8-12-16(15)24-19(17)18(21)13-9-5-4-6-10-13/h4-12,14H,3H2,1-2H3. The van der Waals surface area contributed by atoms with Gasteiger partial charge in [0, 0.05) is 16.5 Å². The second kappa shape index (κ2) is 6.71. The molecule has 1 aromatic heterocycles. The van der Waals surface area contributed by atoms with Crippen LogP contribution in [-0.4, -0.2) is 18.9 Å². The van der Waals surface area contributed by atoms with E-state index in [1.54, 1.807) is 30.3 Å². The van der Waals surface area contributed by atoms with E-state index in [9.17, 15) is 9.59 Å². The summed E-state index contributed by atoms with van der Waals surface area (Å²) in [5.41, 5.74) is 1.72. The molecule has 0 aliphatic carbocycles. The number of methoxy groups -OCH3 is 1. The van der Waals surface area contributed by atoms with Crippen LogP contribution in [0.15, 0.2) is 59.0 Å². The number of hydrogen-bond acceptors (Lipinski definition) is 4. The van der Waals surface area contributed by atoms with E-state index in [-0.39, 0.29) is 17.5 Å². The molecule has 0 saturated carbocycles. The summed E-state index contributed by atoms with van der Waals surface area (Å²) in [6.07, 6.45) is 0.519. The first-order valence-corrected chi connectivity index (χ1v) is 7.86. The predicted molar refractivity (Wildman–Crippen MR) is 91.1 cm³/mol. The first kappa shape index (κ1) is 16.0. The molecule has 24 heavy (non-hydrogen) atoms. The predicted octanol–water partition coefficient (Wildman–Crippen LogP) is 4.33. The fraction of sp³-hybridized carbons (Fsp3) is 0.200. The summed E-state index contributed by atoms with van der Waals surface area (Å²) in [5.74, 6) is -0.934. The van der Waals surface area contributed by atoms with E-state index < -0.39 is 5.92 Å². The Morgan fingerprint density at radius 2 is 1.71 bits per heavy atom. The molecule has 3 aromatic rings. The van der Waals surface area contributed by atoms with Crippen molar-refractivity contribution in [3.05, 3.63) is 71.5 Å². The minimum Gasteiger partial charge on any atom is -0.469 e. The van der Waals surface area contributed by atoms with Gasteiger partial charge in [-0.2, -0.15) is 0 Å². The Morgan fingerprint density at radius 3 is 2.38 bits per heavy atom. The van der Waals surface area contributed by atoms with Crippen molar-refractivity contribution in [1.29, 1.82) is 0 Å². The van der Waals surface area contributed by atoms with E-state index in [4.69, 9.17) is 9.15 Å². The molecule has 3 rings (SSSR count). The summed E-state index contributed by atoms with van der Waals surface area (Å²) >= 11 is 0. The molecule has 0 amide bonds. The Morgan fingerprint density at radius 1 is 1.04 bits per heavy atom. The quantitative estimate of drug-likeness (QED) is 0.518. The Labute approximate surface area is 140 Å². The lowest BCUT2D eigenvalue weighted by Crippen LogP contribution is -2.16. The number of furan rings is 1. The number of ketones is 1. The zero-order chi connectivity index (χ0) is 17.1. The van der Waals surface area contributed by atoms with Gasteiger partial charge in [0.25, 0.3) is 0 Å². The van der Waals surface area contributed by atoms with Crippen LogP contribution >= 0.6 is 0 Å². The summed E-state index contributed by atoms with van der Waals surface area (Å²) in [5, 5.41) is 0.772. The monoisotopic (exact) mass is 322 g/mol. The maximum absolute atomic E-state index is 12.9. The van der Waals surface area contributed by atoms with Gasteiger partial charge in [-0.1, -0.05) is 55.5 Å². The van der Waals surface area contributed by atoms with E-state index in [1.807, 2.05) is 31.2 Å². The lowest BCUT2D eigenvalue weighted by Gasteiger charge is -2.13. The number of carbonyl (C=O) groups excluding carboxylic acids is 2. The van der Waals surface area contributed by atoms with Crippen LogP contribution in [0.4, 0.5) is 0 Å². The SMILES string of the molecule is CCC(C(=O)OC)c1c(C(=O)c2ccccc2)oc2ccccc12. The molecule has 122 valence electrons. The highest BCUT2D eigenvalue weighted by Gasteiger charge is 2.31. The van der Waals surface area contributed by atoms with Crippen LogP contribution in [0.5, 0.6) is 0 Å². The minimum atomic E-state index is -0.540. The molecule has 1 heterocycles. The third kappa shape index (κ3) is 2.71. The smallest absolute Gasteiger partial charge is 0.313 e. The average Bonchev–Trinajstić information content (AvgIpc) is 3.02. The van der Waals surface area contributed by atoms with Crippen molar-refractivity contribution in [2.45, 2.75) is 19.3 Å². The number of ether oxygens (including phenoxy) is 1. The van der Waals surface area contributed by atoms with Crippen molar-refractivity contribution in [1.82, 2.24) is 0 Å². The molecule has 0 radical (unpaired) electrons. The zero-order valence-corrected chi connectivity index (χ0v) is 13.6. The number of fused-ring (bicyclic) bond motifs is 1. The largest absolute Gasteiger partial charge is 0.469 e. The topological polar surface area (TPSA) is 56.5 Å². The number of esters is 1. The number of rotatable bonds is 5. The van der Waals surface area contributed by atoms with Gasteiger partial charge in [0.05, 0.1) is 13.0 Å². The van der Waals surface area contributed by atoms with Crippen LogP contribution in [0, 0.1) is 0 Å². The van der Waals surface area contributed by atoms with Crippen molar-refractivity contribution in [2.75, 3.05) is 7.11 Å². The van der Waals surface area contributed by atoms with Gasteiger partial charge in [-0.15, -0.1) is 0 Å². The van der Waals surface area contributed by atoms with E-state index in [0.717, 1.165) is 5.39 Å². The van der Waals surface area contributed by atoms with Crippen molar-refractivity contribution < 1.29 is 18.7 Å². The van der Waals surface area contributed by atoms with Crippen molar-refractivity contribution >= 4 is 22.7 Å². The molecular weight excluding hydrogens is 304 g/mol. The Bertz CT molecular complexity index is 877. The van der Waals surface area contributed by atoms with Crippen LogP contribution in [-0.2, 0) is 9.53 Å². The molecule has 0 aliphatic heterocycles. The number of hydrogen-bond donors (Lipinski definition) is 0. The summed E-state index contributed by atoms with van der Waals surface area (Å²) in [6, 6.07) is 16.3. The van der Waals surface area contributed by atoms with Crippen LogP contribution in [0.1, 0.15) is 40.9 Å². The van der Waals surface area contributed by atoms with E-state index in [0.29, 0.717) is 23.1 Å². The van der Waals surface area contributed by atoms with Gasteiger partial charge >= 0.3 is 5.97 Å². The van der Waals surface area contributed by atoms with Crippen LogP contribution in [0.2, 0.25) is 0 Å². The maximum Gasteiger partial charge on any atom is 0.313 e. The van der Waals surface area contributed by atoms with E-state index in [2.05, 4.69) is 0 Å². The van der Waals surface area contributed by atoms with Gasteiger partial charge in [0.2, 0.25) is 5.78 Å². The normalized spacial score (nSPS) is 12.1. The fourth-order valence-electron chi connectivity index (χ4n) is 2.93. The third-order valence-corrected chi connectivity index (χ3v) is 4.12. The highest BCUT2D eigenvalue weighted by Crippen LogP contribution is 2.35. The first-order valence-electron chi connectivity index (χ1n) is 7.86. The van der Waals surface area contributed by atoms with Gasteiger partial charge in [-0.3, -0.25) is 9.59 Å². The van der Waals surface area contributed by atoms with Crippen molar-refractivity contribution in [3.63, 3.8) is 0 Å². The van der Waals surface area contributed by atoms with Crippen LogP contribution in [0.25, 0.3) is 11.0 Å². The van der Waals surface area contributed by atoms with Gasteiger partial charge in [-0.05, 0) is 12.5 Å².